The molecule has 0 aliphatic carbocycles. The standard InChI is InChI=1S/C13H16N4O3S/c1-3-16-21(19,20)11-5-4-9(2)12(6-11)13(18)17-10-7-14-15-8-10/h4-8,16H,3H2,1-2H3,(H,14,15)(H,17,18). The number of amides is 1. The van der Waals surface area contributed by atoms with Gasteiger partial charge >= 0.3 is 0 Å². The van der Waals surface area contributed by atoms with Crippen molar-refractivity contribution in [3.05, 3.63) is 41.7 Å². The molecule has 0 fully saturated rings. The SMILES string of the molecule is CCNS(=O)(=O)c1ccc(C)c(C(=O)Nc2cn[nH]c2)c1. The van der Waals surface area contributed by atoms with Crippen LogP contribution in [-0.2, 0) is 10.0 Å². The van der Waals surface area contributed by atoms with Crippen LogP contribution in [0.5, 0.6) is 0 Å². The van der Waals surface area contributed by atoms with Crippen molar-refractivity contribution in [3.8, 4) is 0 Å². The molecule has 21 heavy (non-hydrogen) atoms. The summed E-state index contributed by atoms with van der Waals surface area (Å²) in [5.41, 5.74) is 1.50. The van der Waals surface area contributed by atoms with Crippen LogP contribution in [0.1, 0.15) is 22.8 Å². The van der Waals surface area contributed by atoms with Crippen molar-refractivity contribution in [2.24, 2.45) is 0 Å². The van der Waals surface area contributed by atoms with E-state index in [1.807, 2.05) is 0 Å². The first-order valence-electron chi connectivity index (χ1n) is 6.34. The van der Waals surface area contributed by atoms with Gasteiger partial charge in [0.25, 0.3) is 5.91 Å². The number of hydrogen-bond donors (Lipinski definition) is 3. The number of H-pyrrole nitrogens is 1. The quantitative estimate of drug-likeness (QED) is 0.773. The highest BCUT2D eigenvalue weighted by Crippen LogP contribution is 2.17. The Kier molecular flexibility index (Phi) is 4.39. The molecule has 1 aromatic heterocycles. The first kappa shape index (κ1) is 15.2. The summed E-state index contributed by atoms with van der Waals surface area (Å²) < 4.78 is 26.3. The molecule has 1 aromatic carbocycles. The predicted octanol–water partition coefficient (Wildman–Crippen LogP) is 1.27. The van der Waals surface area contributed by atoms with Crippen molar-refractivity contribution in [1.82, 2.24) is 14.9 Å². The van der Waals surface area contributed by atoms with E-state index >= 15 is 0 Å². The summed E-state index contributed by atoms with van der Waals surface area (Å²) in [6, 6.07) is 4.44. The van der Waals surface area contributed by atoms with Crippen LogP contribution in [0.2, 0.25) is 0 Å². The van der Waals surface area contributed by atoms with Crippen LogP contribution < -0.4 is 10.0 Å². The Hall–Kier alpha value is -2.19. The number of aromatic amines is 1. The van der Waals surface area contributed by atoms with Crippen LogP contribution in [0.4, 0.5) is 5.69 Å². The van der Waals surface area contributed by atoms with Gasteiger partial charge in [0.2, 0.25) is 10.0 Å². The van der Waals surface area contributed by atoms with Gasteiger partial charge in [0.05, 0.1) is 16.8 Å². The number of carbonyl (C=O) groups excluding carboxylic acids is 1. The summed E-state index contributed by atoms with van der Waals surface area (Å²) in [5.74, 6) is -0.387. The minimum Gasteiger partial charge on any atom is -0.319 e. The molecule has 8 heteroatoms. The van der Waals surface area contributed by atoms with Crippen LogP contribution in [0.3, 0.4) is 0 Å². The van der Waals surface area contributed by atoms with Crippen LogP contribution in [0.25, 0.3) is 0 Å². The third-order valence-corrected chi connectivity index (χ3v) is 4.40. The predicted molar refractivity (Wildman–Crippen MR) is 78.6 cm³/mol. The minimum atomic E-state index is -3.59. The van der Waals surface area contributed by atoms with Crippen LogP contribution in [0.15, 0.2) is 35.5 Å². The summed E-state index contributed by atoms with van der Waals surface area (Å²) >= 11 is 0. The topological polar surface area (TPSA) is 104 Å². The Morgan fingerprint density at radius 3 is 2.76 bits per heavy atom. The molecule has 0 bridgehead atoms. The molecule has 0 aliphatic heterocycles. The fourth-order valence-electron chi connectivity index (χ4n) is 1.80. The van der Waals surface area contributed by atoms with Gasteiger partial charge in [-0.05, 0) is 24.6 Å². The molecule has 3 N–H and O–H groups in total. The van der Waals surface area contributed by atoms with Gasteiger partial charge in [-0.25, -0.2) is 13.1 Å². The third kappa shape index (κ3) is 3.47. The minimum absolute atomic E-state index is 0.0623. The van der Waals surface area contributed by atoms with Gasteiger partial charge < -0.3 is 5.32 Å². The van der Waals surface area contributed by atoms with Gasteiger partial charge in [-0.3, -0.25) is 9.89 Å². The van der Waals surface area contributed by atoms with E-state index in [4.69, 9.17) is 0 Å². The number of nitrogens with zero attached hydrogens (tertiary/aromatic N) is 1. The number of rotatable bonds is 5. The maximum absolute atomic E-state index is 12.2. The highest BCUT2D eigenvalue weighted by Gasteiger charge is 2.17. The molecule has 7 nitrogen and oxygen atoms in total. The van der Waals surface area contributed by atoms with Crippen LogP contribution >= 0.6 is 0 Å². The zero-order valence-electron chi connectivity index (χ0n) is 11.7. The maximum Gasteiger partial charge on any atom is 0.256 e. The number of aryl methyl sites for hydroxylation is 1. The van der Waals surface area contributed by atoms with E-state index in [2.05, 4.69) is 20.2 Å². The van der Waals surface area contributed by atoms with E-state index in [0.29, 0.717) is 16.8 Å². The summed E-state index contributed by atoms with van der Waals surface area (Å²) in [7, 11) is -3.59. The molecule has 2 rings (SSSR count). The number of sulfonamides is 1. The van der Waals surface area contributed by atoms with Gasteiger partial charge in [-0.1, -0.05) is 13.0 Å². The van der Waals surface area contributed by atoms with Gasteiger partial charge in [0.1, 0.15) is 0 Å². The Morgan fingerprint density at radius 1 is 1.38 bits per heavy atom. The van der Waals surface area contributed by atoms with Gasteiger partial charge in [0.15, 0.2) is 0 Å². The molecule has 0 unspecified atom stereocenters. The summed E-state index contributed by atoms with van der Waals surface area (Å²) in [6.45, 7) is 3.72. The largest absolute Gasteiger partial charge is 0.319 e. The molecule has 0 radical (unpaired) electrons. The molecule has 1 heterocycles. The van der Waals surface area contributed by atoms with Crippen molar-refractivity contribution in [1.29, 1.82) is 0 Å². The molecule has 0 saturated heterocycles. The highest BCUT2D eigenvalue weighted by molar-refractivity contribution is 7.89. The second-order valence-corrected chi connectivity index (χ2v) is 6.19. The maximum atomic E-state index is 12.2. The molecular formula is C13H16N4O3S. The van der Waals surface area contributed by atoms with Crippen molar-refractivity contribution < 1.29 is 13.2 Å². The van der Waals surface area contributed by atoms with Crippen molar-refractivity contribution in [3.63, 3.8) is 0 Å². The molecule has 2 aromatic rings. The Balaban J connectivity index is 2.33. The Morgan fingerprint density at radius 2 is 2.14 bits per heavy atom. The third-order valence-electron chi connectivity index (χ3n) is 2.85. The zero-order valence-corrected chi connectivity index (χ0v) is 12.5. The molecule has 0 spiro atoms. The van der Waals surface area contributed by atoms with E-state index in [1.165, 1.54) is 24.5 Å². The van der Waals surface area contributed by atoms with E-state index in [-0.39, 0.29) is 17.3 Å². The summed E-state index contributed by atoms with van der Waals surface area (Å²) in [4.78, 5) is 12.3. The lowest BCUT2D eigenvalue weighted by atomic mass is 10.1. The molecule has 0 aliphatic rings. The van der Waals surface area contributed by atoms with E-state index in [0.717, 1.165) is 0 Å². The van der Waals surface area contributed by atoms with E-state index in [9.17, 15) is 13.2 Å². The summed E-state index contributed by atoms with van der Waals surface area (Å²) in [6.07, 6.45) is 3.00. The normalized spacial score (nSPS) is 11.3. The van der Waals surface area contributed by atoms with Gasteiger partial charge in [0, 0.05) is 18.3 Å². The molecule has 1 amide bonds. The smallest absolute Gasteiger partial charge is 0.256 e. The van der Waals surface area contributed by atoms with Gasteiger partial charge in [-0.15, -0.1) is 0 Å². The second-order valence-electron chi connectivity index (χ2n) is 4.42. The number of carbonyl (C=O) groups is 1. The molecule has 112 valence electrons. The molecule has 0 atom stereocenters. The molecule has 0 saturated carbocycles. The fourth-order valence-corrected chi connectivity index (χ4v) is 2.87. The number of hydrogen-bond acceptors (Lipinski definition) is 4. The monoisotopic (exact) mass is 308 g/mol. The Labute approximate surface area is 122 Å². The average Bonchev–Trinajstić information content (AvgIpc) is 2.91. The number of aromatic nitrogens is 2. The number of benzene rings is 1. The lowest BCUT2D eigenvalue weighted by molar-refractivity contribution is 0.102. The van der Waals surface area contributed by atoms with Crippen molar-refractivity contribution in [2.75, 3.05) is 11.9 Å². The number of anilines is 1. The lowest BCUT2D eigenvalue weighted by Crippen LogP contribution is -2.24. The number of nitrogens with one attached hydrogen (secondary N) is 3. The fraction of sp³-hybridized carbons (Fsp3) is 0.231. The van der Waals surface area contributed by atoms with Crippen LogP contribution in [0, 0.1) is 6.92 Å². The summed E-state index contributed by atoms with van der Waals surface area (Å²) in [5, 5.41) is 8.95. The van der Waals surface area contributed by atoms with Gasteiger partial charge in [-0.2, -0.15) is 5.10 Å². The second kappa shape index (κ2) is 6.06. The molecular weight excluding hydrogens is 292 g/mol. The van der Waals surface area contributed by atoms with E-state index < -0.39 is 10.0 Å². The zero-order chi connectivity index (χ0) is 15.5. The van der Waals surface area contributed by atoms with E-state index in [1.54, 1.807) is 19.9 Å². The highest BCUT2D eigenvalue weighted by atomic mass is 32.2. The Bertz CT molecular complexity index is 739. The first-order valence-corrected chi connectivity index (χ1v) is 7.83. The van der Waals surface area contributed by atoms with Crippen molar-refractivity contribution in [2.45, 2.75) is 18.7 Å². The van der Waals surface area contributed by atoms with Crippen molar-refractivity contribution >= 4 is 21.6 Å². The first-order chi connectivity index (χ1) is 9.94. The lowest BCUT2D eigenvalue weighted by Gasteiger charge is -2.09. The van der Waals surface area contributed by atoms with Crippen LogP contribution in [-0.4, -0.2) is 31.1 Å². The average molecular weight is 308 g/mol.